The predicted octanol–water partition coefficient (Wildman–Crippen LogP) is 2.94. The lowest BCUT2D eigenvalue weighted by Gasteiger charge is -2.12. The van der Waals surface area contributed by atoms with Crippen LogP contribution >= 0.6 is 0 Å². The highest BCUT2D eigenvalue weighted by Gasteiger charge is 2.35. The van der Waals surface area contributed by atoms with Gasteiger partial charge in [0.05, 0.1) is 17.2 Å². The Balaban J connectivity index is 2.36. The molecule has 0 saturated heterocycles. The highest BCUT2D eigenvalue weighted by molar-refractivity contribution is 5.90. The Morgan fingerprint density at radius 2 is 2.00 bits per heavy atom. The number of halogens is 3. The van der Waals surface area contributed by atoms with Gasteiger partial charge in [0, 0.05) is 0 Å². The Bertz CT molecular complexity index is 450. The van der Waals surface area contributed by atoms with Crippen molar-refractivity contribution < 1.29 is 27.8 Å². The van der Waals surface area contributed by atoms with Gasteiger partial charge in [0.1, 0.15) is 5.75 Å². The van der Waals surface area contributed by atoms with E-state index in [2.05, 4.69) is 0 Å². The van der Waals surface area contributed by atoms with Crippen molar-refractivity contribution in [2.75, 3.05) is 0 Å². The van der Waals surface area contributed by atoms with Crippen molar-refractivity contribution in [3.63, 3.8) is 0 Å². The van der Waals surface area contributed by atoms with Crippen LogP contribution in [0.1, 0.15) is 28.8 Å². The summed E-state index contributed by atoms with van der Waals surface area (Å²) < 4.78 is 42.8. The van der Waals surface area contributed by atoms with Gasteiger partial charge in [0.25, 0.3) is 0 Å². The smallest absolute Gasteiger partial charge is 0.417 e. The van der Waals surface area contributed by atoms with Crippen LogP contribution in [0.3, 0.4) is 0 Å². The molecule has 6 heteroatoms. The molecule has 0 spiro atoms. The number of hydrogen-bond donors (Lipinski definition) is 1. The molecule has 0 unspecified atom stereocenters. The van der Waals surface area contributed by atoms with E-state index in [-0.39, 0.29) is 11.9 Å². The van der Waals surface area contributed by atoms with Gasteiger partial charge < -0.3 is 9.84 Å². The summed E-state index contributed by atoms with van der Waals surface area (Å²) in [5.74, 6) is -1.45. The molecule has 0 atom stereocenters. The number of carboxylic acid groups (broad SMARTS) is 1. The quantitative estimate of drug-likeness (QED) is 0.891. The molecule has 1 aliphatic rings. The summed E-state index contributed by atoms with van der Waals surface area (Å²) in [5.41, 5.74) is -1.94. The second-order valence-electron chi connectivity index (χ2n) is 3.83. The van der Waals surface area contributed by atoms with Gasteiger partial charge in [0.15, 0.2) is 0 Å². The molecule has 0 radical (unpaired) electrons. The summed E-state index contributed by atoms with van der Waals surface area (Å²) in [6.07, 6.45) is -2.97. The van der Waals surface area contributed by atoms with E-state index in [1.807, 2.05) is 0 Å². The highest BCUT2D eigenvalue weighted by Crippen LogP contribution is 2.35. The fraction of sp³-hybridized carbons (Fsp3) is 0.364. The highest BCUT2D eigenvalue weighted by atomic mass is 19.4. The maximum atomic E-state index is 12.5. The van der Waals surface area contributed by atoms with Crippen LogP contribution in [-0.2, 0) is 6.18 Å². The maximum Gasteiger partial charge on any atom is 0.417 e. The first-order valence-corrected chi connectivity index (χ1v) is 4.99. The molecule has 0 heterocycles. The summed E-state index contributed by atoms with van der Waals surface area (Å²) >= 11 is 0. The Morgan fingerprint density at radius 1 is 1.35 bits per heavy atom. The van der Waals surface area contributed by atoms with Crippen molar-refractivity contribution in [2.24, 2.45) is 0 Å². The van der Waals surface area contributed by atoms with Crippen LogP contribution < -0.4 is 4.74 Å². The molecule has 0 aromatic heterocycles. The fourth-order valence-corrected chi connectivity index (χ4v) is 1.40. The zero-order chi connectivity index (χ0) is 12.6. The van der Waals surface area contributed by atoms with Gasteiger partial charge in [-0.15, -0.1) is 0 Å². The Labute approximate surface area is 94.8 Å². The topological polar surface area (TPSA) is 46.5 Å². The lowest BCUT2D eigenvalue weighted by molar-refractivity contribution is -0.138. The molecule has 0 amide bonds. The number of alkyl halides is 3. The van der Waals surface area contributed by atoms with Gasteiger partial charge >= 0.3 is 12.1 Å². The largest absolute Gasteiger partial charge is 0.490 e. The van der Waals surface area contributed by atoms with Gasteiger partial charge in [0.2, 0.25) is 0 Å². The van der Waals surface area contributed by atoms with E-state index in [1.54, 1.807) is 0 Å². The van der Waals surface area contributed by atoms with Crippen LogP contribution in [0.15, 0.2) is 18.2 Å². The Kier molecular flexibility index (Phi) is 2.73. The van der Waals surface area contributed by atoms with Crippen LogP contribution in [-0.4, -0.2) is 17.2 Å². The molecule has 3 nitrogen and oxygen atoms in total. The molecule has 1 fully saturated rings. The third-order valence-electron chi connectivity index (χ3n) is 2.35. The predicted molar refractivity (Wildman–Crippen MR) is 52.1 cm³/mol. The van der Waals surface area contributed by atoms with Crippen LogP contribution in [0.5, 0.6) is 5.75 Å². The SMILES string of the molecule is O=C(O)c1cc(OC2CC2)ccc1C(F)(F)F. The number of ether oxygens (including phenoxy) is 1. The zero-order valence-corrected chi connectivity index (χ0v) is 8.62. The average Bonchev–Trinajstić information content (AvgIpc) is 2.99. The van der Waals surface area contributed by atoms with Crippen molar-refractivity contribution in [3.8, 4) is 5.75 Å². The zero-order valence-electron chi connectivity index (χ0n) is 8.62. The van der Waals surface area contributed by atoms with E-state index < -0.39 is 23.3 Å². The first kappa shape index (κ1) is 11.8. The molecule has 1 N–H and O–H groups in total. The first-order valence-electron chi connectivity index (χ1n) is 4.99. The van der Waals surface area contributed by atoms with Crippen LogP contribution in [0.2, 0.25) is 0 Å². The van der Waals surface area contributed by atoms with E-state index in [9.17, 15) is 18.0 Å². The molecule has 1 aliphatic carbocycles. The van der Waals surface area contributed by atoms with Crippen LogP contribution in [0.4, 0.5) is 13.2 Å². The third-order valence-corrected chi connectivity index (χ3v) is 2.35. The molecule has 0 aliphatic heterocycles. The van der Waals surface area contributed by atoms with E-state index in [4.69, 9.17) is 9.84 Å². The van der Waals surface area contributed by atoms with E-state index in [0.717, 1.165) is 31.0 Å². The normalized spacial score (nSPS) is 15.7. The van der Waals surface area contributed by atoms with Crippen molar-refractivity contribution in [1.29, 1.82) is 0 Å². The van der Waals surface area contributed by atoms with Gasteiger partial charge in [-0.25, -0.2) is 4.79 Å². The van der Waals surface area contributed by atoms with Crippen molar-refractivity contribution in [3.05, 3.63) is 29.3 Å². The Morgan fingerprint density at radius 3 is 2.47 bits per heavy atom. The lowest BCUT2D eigenvalue weighted by Crippen LogP contribution is -2.13. The first-order chi connectivity index (χ1) is 7.88. The van der Waals surface area contributed by atoms with E-state index in [1.165, 1.54) is 0 Å². The number of rotatable bonds is 3. The minimum atomic E-state index is -4.67. The molecule has 1 aromatic carbocycles. The molecule has 1 saturated carbocycles. The summed E-state index contributed by atoms with van der Waals surface area (Å²) in [6, 6.07) is 2.80. The monoisotopic (exact) mass is 246 g/mol. The van der Waals surface area contributed by atoms with Crippen molar-refractivity contribution in [2.45, 2.75) is 25.1 Å². The summed E-state index contributed by atoms with van der Waals surface area (Å²) in [5, 5.41) is 8.75. The Hall–Kier alpha value is -1.72. The lowest BCUT2D eigenvalue weighted by atomic mass is 10.1. The summed E-state index contributed by atoms with van der Waals surface area (Å²) in [6.45, 7) is 0. The maximum absolute atomic E-state index is 12.5. The van der Waals surface area contributed by atoms with Crippen LogP contribution in [0.25, 0.3) is 0 Å². The van der Waals surface area contributed by atoms with Crippen LogP contribution in [0, 0.1) is 0 Å². The summed E-state index contributed by atoms with van der Waals surface area (Å²) in [7, 11) is 0. The van der Waals surface area contributed by atoms with E-state index in [0.29, 0.717) is 0 Å². The summed E-state index contributed by atoms with van der Waals surface area (Å²) in [4.78, 5) is 10.8. The van der Waals surface area contributed by atoms with Crippen molar-refractivity contribution >= 4 is 5.97 Å². The minimum absolute atomic E-state index is 0.00776. The van der Waals surface area contributed by atoms with Crippen molar-refractivity contribution in [1.82, 2.24) is 0 Å². The van der Waals surface area contributed by atoms with Gasteiger partial charge in [-0.3, -0.25) is 0 Å². The van der Waals surface area contributed by atoms with Gasteiger partial charge in [-0.05, 0) is 31.0 Å². The minimum Gasteiger partial charge on any atom is -0.490 e. The standard InChI is InChI=1S/C11H9F3O3/c12-11(13,14)9-4-3-7(17-6-1-2-6)5-8(9)10(15)16/h3-6H,1-2H2,(H,15,16). The molecule has 0 bridgehead atoms. The third kappa shape index (κ3) is 2.69. The average molecular weight is 246 g/mol. The number of carbonyl (C=O) groups is 1. The van der Waals surface area contributed by atoms with E-state index >= 15 is 0 Å². The number of aromatic carboxylic acids is 1. The molecule has 2 rings (SSSR count). The number of hydrogen-bond acceptors (Lipinski definition) is 2. The van der Waals surface area contributed by atoms with Gasteiger partial charge in [-0.2, -0.15) is 13.2 Å². The second kappa shape index (κ2) is 3.94. The molecular weight excluding hydrogens is 237 g/mol. The molecule has 92 valence electrons. The second-order valence-corrected chi connectivity index (χ2v) is 3.83. The molecule has 1 aromatic rings. The van der Waals surface area contributed by atoms with Gasteiger partial charge in [-0.1, -0.05) is 0 Å². The molecule has 17 heavy (non-hydrogen) atoms. The number of carboxylic acids is 1. The number of benzene rings is 1. The fourth-order valence-electron chi connectivity index (χ4n) is 1.40. The molecular formula is C11H9F3O3.